The summed E-state index contributed by atoms with van der Waals surface area (Å²) in [6.45, 7) is 1.98. The van der Waals surface area contributed by atoms with Crippen molar-refractivity contribution in [3.05, 3.63) is 59.9 Å². The smallest absolute Gasteiger partial charge is 0.139 e. The molecule has 0 fully saturated rings. The van der Waals surface area contributed by atoms with Crippen LogP contribution >= 0.6 is 0 Å². The Bertz CT molecular complexity index is 571. The Morgan fingerprint density at radius 3 is 2.33 bits per heavy atom. The topological polar surface area (TPSA) is 44.5 Å². The summed E-state index contributed by atoms with van der Waals surface area (Å²) in [7, 11) is 1.61. The van der Waals surface area contributed by atoms with Gasteiger partial charge in [-0.25, -0.2) is 4.39 Å². The van der Waals surface area contributed by atoms with Crippen LogP contribution in [0.2, 0.25) is 0 Å². The van der Waals surface area contributed by atoms with Crippen LogP contribution < -0.4 is 15.2 Å². The van der Waals surface area contributed by atoms with Gasteiger partial charge in [-0.15, -0.1) is 0 Å². The van der Waals surface area contributed by atoms with Crippen LogP contribution in [0, 0.1) is 5.82 Å². The van der Waals surface area contributed by atoms with E-state index in [1.807, 2.05) is 37.3 Å². The van der Waals surface area contributed by atoms with Crippen LogP contribution in [0.1, 0.15) is 25.0 Å². The van der Waals surface area contributed by atoms with Gasteiger partial charge in [-0.1, -0.05) is 19.1 Å². The third-order valence-electron chi connectivity index (χ3n) is 3.36. The molecule has 2 unspecified atom stereocenters. The van der Waals surface area contributed by atoms with Crippen LogP contribution in [0.25, 0.3) is 0 Å². The molecule has 2 atom stereocenters. The second-order valence-corrected chi connectivity index (χ2v) is 4.84. The zero-order valence-electron chi connectivity index (χ0n) is 12.3. The molecule has 0 aliphatic rings. The molecule has 2 aromatic carbocycles. The highest BCUT2D eigenvalue weighted by Gasteiger charge is 2.21. The van der Waals surface area contributed by atoms with Gasteiger partial charge in [0.1, 0.15) is 23.4 Å². The summed E-state index contributed by atoms with van der Waals surface area (Å²) in [6, 6.07) is 13.4. The number of hydrogen-bond donors (Lipinski definition) is 1. The SMILES string of the molecule is CCC(N)C(Oc1ccc(OC)cc1)c1cccc(F)c1. The van der Waals surface area contributed by atoms with Gasteiger partial charge in [0.05, 0.1) is 7.11 Å². The van der Waals surface area contributed by atoms with E-state index in [1.165, 1.54) is 12.1 Å². The fraction of sp³-hybridized carbons (Fsp3) is 0.294. The Morgan fingerprint density at radius 1 is 1.10 bits per heavy atom. The van der Waals surface area contributed by atoms with E-state index in [9.17, 15) is 4.39 Å². The van der Waals surface area contributed by atoms with Crippen molar-refractivity contribution in [2.75, 3.05) is 7.11 Å². The Balaban J connectivity index is 2.23. The lowest BCUT2D eigenvalue weighted by atomic mass is 10.0. The number of hydrogen-bond acceptors (Lipinski definition) is 3. The minimum absolute atomic E-state index is 0.214. The van der Waals surface area contributed by atoms with E-state index in [2.05, 4.69) is 0 Å². The van der Waals surface area contributed by atoms with Crippen LogP contribution in [0.3, 0.4) is 0 Å². The van der Waals surface area contributed by atoms with Crippen LogP contribution in [0.5, 0.6) is 11.5 Å². The van der Waals surface area contributed by atoms with Crippen molar-refractivity contribution in [2.45, 2.75) is 25.5 Å². The number of methoxy groups -OCH3 is 1. The number of nitrogens with two attached hydrogens (primary N) is 1. The monoisotopic (exact) mass is 289 g/mol. The normalized spacial score (nSPS) is 13.5. The van der Waals surface area contributed by atoms with Crippen molar-refractivity contribution in [1.29, 1.82) is 0 Å². The van der Waals surface area contributed by atoms with Gasteiger partial charge in [0.15, 0.2) is 0 Å². The molecule has 0 saturated heterocycles. The lowest BCUT2D eigenvalue weighted by Crippen LogP contribution is -2.31. The number of rotatable bonds is 6. The first kappa shape index (κ1) is 15.3. The highest BCUT2D eigenvalue weighted by Crippen LogP contribution is 2.27. The first-order chi connectivity index (χ1) is 10.1. The lowest BCUT2D eigenvalue weighted by Gasteiger charge is -2.25. The highest BCUT2D eigenvalue weighted by molar-refractivity contribution is 5.32. The molecule has 2 rings (SSSR count). The van der Waals surface area contributed by atoms with Gasteiger partial charge < -0.3 is 15.2 Å². The molecule has 0 aromatic heterocycles. The highest BCUT2D eigenvalue weighted by atomic mass is 19.1. The fourth-order valence-corrected chi connectivity index (χ4v) is 2.10. The zero-order chi connectivity index (χ0) is 15.2. The van der Waals surface area contributed by atoms with Crippen molar-refractivity contribution >= 4 is 0 Å². The Morgan fingerprint density at radius 2 is 1.76 bits per heavy atom. The predicted octanol–water partition coefficient (Wildman–Crippen LogP) is 3.69. The van der Waals surface area contributed by atoms with Gasteiger partial charge in [0.25, 0.3) is 0 Å². The van der Waals surface area contributed by atoms with Crippen LogP contribution in [-0.4, -0.2) is 13.2 Å². The fourth-order valence-electron chi connectivity index (χ4n) is 2.10. The first-order valence-electron chi connectivity index (χ1n) is 6.95. The van der Waals surface area contributed by atoms with Crippen LogP contribution in [0.15, 0.2) is 48.5 Å². The summed E-state index contributed by atoms with van der Waals surface area (Å²) in [4.78, 5) is 0. The van der Waals surface area contributed by atoms with E-state index in [0.717, 1.165) is 17.7 Å². The summed E-state index contributed by atoms with van der Waals surface area (Å²) in [5.74, 6) is 1.14. The molecule has 4 heteroatoms. The number of halogens is 1. The van der Waals surface area contributed by atoms with Crippen molar-refractivity contribution in [3.63, 3.8) is 0 Å². The quantitative estimate of drug-likeness (QED) is 0.882. The number of ether oxygens (including phenoxy) is 2. The largest absolute Gasteiger partial charge is 0.497 e. The molecule has 0 bridgehead atoms. The minimum Gasteiger partial charge on any atom is -0.497 e. The number of benzene rings is 2. The van der Waals surface area contributed by atoms with Crippen LogP contribution in [-0.2, 0) is 0 Å². The molecule has 0 aliphatic carbocycles. The third kappa shape index (κ3) is 3.95. The van der Waals surface area contributed by atoms with Gasteiger partial charge >= 0.3 is 0 Å². The summed E-state index contributed by atoms with van der Waals surface area (Å²) in [6.07, 6.45) is 0.344. The molecule has 112 valence electrons. The molecular formula is C17H20FNO2. The van der Waals surface area contributed by atoms with E-state index in [4.69, 9.17) is 15.2 Å². The van der Waals surface area contributed by atoms with Crippen molar-refractivity contribution in [2.24, 2.45) is 5.73 Å². The maximum absolute atomic E-state index is 13.4. The summed E-state index contributed by atoms with van der Waals surface area (Å²) >= 11 is 0. The lowest BCUT2D eigenvalue weighted by molar-refractivity contribution is 0.170. The molecule has 21 heavy (non-hydrogen) atoms. The molecule has 0 amide bonds. The maximum Gasteiger partial charge on any atom is 0.139 e. The molecule has 0 aliphatic heterocycles. The molecule has 2 N–H and O–H groups in total. The molecular weight excluding hydrogens is 269 g/mol. The summed E-state index contributed by atoms with van der Waals surface area (Å²) in [5, 5.41) is 0. The maximum atomic E-state index is 13.4. The van der Waals surface area contributed by atoms with Crippen molar-refractivity contribution in [3.8, 4) is 11.5 Å². The molecule has 0 heterocycles. The van der Waals surface area contributed by atoms with E-state index in [0.29, 0.717) is 5.75 Å². The van der Waals surface area contributed by atoms with E-state index < -0.39 is 0 Å². The standard InChI is InChI=1S/C17H20FNO2/c1-3-16(19)17(12-5-4-6-13(18)11-12)21-15-9-7-14(20-2)8-10-15/h4-11,16-17H,3,19H2,1-2H3. The predicted molar refractivity (Wildman–Crippen MR) is 81.0 cm³/mol. The van der Waals surface area contributed by atoms with E-state index in [-0.39, 0.29) is 18.0 Å². The van der Waals surface area contributed by atoms with E-state index in [1.54, 1.807) is 13.2 Å². The van der Waals surface area contributed by atoms with Gasteiger partial charge in [0, 0.05) is 6.04 Å². The molecule has 0 saturated carbocycles. The van der Waals surface area contributed by atoms with Gasteiger partial charge in [0.2, 0.25) is 0 Å². The summed E-state index contributed by atoms with van der Waals surface area (Å²) in [5.41, 5.74) is 6.87. The van der Waals surface area contributed by atoms with Crippen molar-refractivity contribution < 1.29 is 13.9 Å². The third-order valence-corrected chi connectivity index (χ3v) is 3.36. The Kier molecular flexibility index (Phi) is 5.17. The van der Waals surface area contributed by atoms with E-state index >= 15 is 0 Å². The molecule has 0 spiro atoms. The Hall–Kier alpha value is -2.07. The molecule has 0 radical (unpaired) electrons. The molecule has 2 aromatic rings. The first-order valence-corrected chi connectivity index (χ1v) is 6.95. The average Bonchev–Trinajstić information content (AvgIpc) is 2.52. The second kappa shape index (κ2) is 7.09. The van der Waals surface area contributed by atoms with Crippen molar-refractivity contribution in [1.82, 2.24) is 0 Å². The Labute approximate surface area is 124 Å². The molecule has 3 nitrogen and oxygen atoms in total. The minimum atomic E-state index is -0.390. The average molecular weight is 289 g/mol. The summed E-state index contributed by atoms with van der Waals surface area (Å²) < 4.78 is 24.5. The second-order valence-electron chi connectivity index (χ2n) is 4.84. The zero-order valence-corrected chi connectivity index (χ0v) is 12.3. The van der Waals surface area contributed by atoms with Crippen LogP contribution in [0.4, 0.5) is 4.39 Å². The van der Waals surface area contributed by atoms with Gasteiger partial charge in [-0.05, 0) is 48.4 Å². The van der Waals surface area contributed by atoms with Gasteiger partial charge in [-0.3, -0.25) is 0 Å². The van der Waals surface area contributed by atoms with Gasteiger partial charge in [-0.2, -0.15) is 0 Å².